The number of aliphatic hydroxyl groups excluding tert-OH is 1. The number of hydroxylamine groups is 2. The quantitative estimate of drug-likeness (QED) is 0.535. The lowest BCUT2D eigenvalue weighted by Crippen LogP contribution is -2.38. The minimum atomic E-state index is -0.848. The summed E-state index contributed by atoms with van der Waals surface area (Å²) in [6.07, 6.45) is -0.675. The predicted molar refractivity (Wildman–Crippen MR) is 57.4 cm³/mol. The van der Waals surface area contributed by atoms with E-state index in [4.69, 9.17) is 10.8 Å². The average Bonchev–Trinajstić information content (AvgIpc) is 2.59. The molecule has 8 heteroatoms. The molecule has 3 amide bonds. The number of nitrogens with zero attached hydrogens (tertiary/aromatic N) is 1. The van der Waals surface area contributed by atoms with Crippen LogP contribution in [0, 0.1) is 0 Å². The highest BCUT2D eigenvalue weighted by Crippen LogP contribution is 2.11. The summed E-state index contributed by atoms with van der Waals surface area (Å²) in [6.45, 7) is 2.42. The van der Waals surface area contributed by atoms with Crippen molar-refractivity contribution in [2.24, 2.45) is 5.73 Å². The summed E-state index contributed by atoms with van der Waals surface area (Å²) >= 11 is 0. The van der Waals surface area contributed by atoms with Crippen molar-refractivity contribution in [3.05, 3.63) is 0 Å². The molecule has 1 fully saturated rings. The fraction of sp³-hybridized carbons (Fsp3) is 0.667. The zero-order chi connectivity index (χ0) is 13.3. The third kappa shape index (κ3) is 5.83. The Labute approximate surface area is 98.7 Å². The van der Waals surface area contributed by atoms with Crippen LogP contribution in [-0.2, 0) is 14.4 Å². The smallest absolute Gasteiger partial charge is 0.397 e. The van der Waals surface area contributed by atoms with E-state index in [1.807, 2.05) is 0 Å². The predicted octanol–water partition coefficient (Wildman–Crippen LogP) is -1.27. The number of carbonyl (C=O) groups is 3. The van der Waals surface area contributed by atoms with Crippen molar-refractivity contribution in [3.8, 4) is 0 Å². The molecule has 0 unspecified atom stereocenters. The molecule has 0 radical (unpaired) electrons. The molecule has 0 spiro atoms. The molecule has 0 aromatic rings. The lowest BCUT2D eigenvalue weighted by molar-refractivity contribution is -0.171. The highest BCUT2D eigenvalue weighted by Gasteiger charge is 2.32. The SMILES string of the molecule is CCO.NCCNC(=O)ON1C(=O)CCC1=O. The van der Waals surface area contributed by atoms with Crippen molar-refractivity contribution in [1.29, 1.82) is 0 Å². The molecule has 0 atom stereocenters. The van der Waals surface area contributed by atoms with Crippen molar-refractivity contribution < 1.29 is 24.3 Å². The van der Waals surface area contributed by atoms with Crippen LogP contribution in [-0.4, -0.2) is 47.8 Å². The Morgan fingerprint density at radius 3 is 2.35 bits per heavy atom. The molecule has 0 saturated carbocycles. The van der Waals surface area contributed by atoms with Crippen LogP contribution in [0.2, 0.25) is 0 Å². The van der Waals surface area contributed by atoms with E-state index < -0.39 is 17.9 Å². The number of nitrogens with two attached hydrogens (primary N) is 1. The molecule has 1 saturated heterocycles. The van der Waals surface area contributed by atoms with Gasteiger partial charge in [-0.05, 0) is 6.92 Å². The van der Waals surface area contributed by atoms with Crippen LogP contribution in [0.1, 0.15) is 19.8 Å². The average molecular weight is 247 g/mol. The van der Waals surface area contributed by atoms with Crippen molar-refractivity contribution >= 4 is 17.9 Å². The number of amides is 3. The molecule has 17 heavy (non-hydrogen) atoms. The van der Waals surface area contributed by atoms with Crippen LogP contribution < -0.4 is 11.1 Å². The lowest BCUT2D eigenvalue weighted by atomic mass is 10.4. The van der Waals surface area contributed by atoms with E-state index in [-0.39, 0.29) is 32.5 Å². The van der Waals surface area contributed by atoms with Crippen LogP contribution in [0.4, 0.5) is 4.79 Å². The number of nitrogens with one attached hydrogen (secondary N) is 1. The first-order valence-electron chi connectivity index (χ1n) is 5.19. The van der Waals surface area contributed by atoms with Crippen LogP contribution in [0.15, 0.2) is 0 Å². The van der Waals surface area contributed by atoms with Gasteiger partial charge in [-0.3, -0.25) is 9.59 Å². The van der Waals surface area contributed by atoms with Crippen LogP contribution in [0.5, 0.6) is 0 Å². The molecular formula is C9H17N3O5. The second-order valence-electron chi connectivity index (χ2n) is 2.99. The standard InChI is InChI=1S/C7H11N3O4.C2H6O/c8-3-4-9-7(13)14-10-5(11)1-2-6(10)12;1-2-3/h1-4,8H2,(H,9,13);3H,2H2,1H3. The number of imide groups is 1. The van der Waals surface area contributed by atoms with Crippen LogP contribution in [0.3, 0.4) is 0 Å². The molecule has 0 aromatic carbocycles. The topological polar surface area (TPSA) is 122 Å². The zero-order valence-corrected chi connectivity index (χ0v) is 9.64. The minimum Gasteiger partial charge on any atom is -0.397 e. The van der Waals surface area contributed by atoms with Crippen molar-refractivity contribution in [3.63, 3.8) is 0 Å². The number of hydrogen-bond donors (Lipinski definition) is 3. The van der Waals surface area contributed by atoms with Gasteiger partial charge in [-0.2, -0.15) is 0 Å². The maximum absolute atomic E-state index is 11.0. The monoisotopic (exact) mass is 247 g/mol. The van der Waals surface area contributed by atoms with Gasteiger partial charge in [0.15, 0.2) is 0 Å². The van der Waals surface area contributed by atoms with Crippen molar-refractivity contribution in [2.45, 2.75) is 19.8 Å². The van der Waals surface area contributed by atoms with Gasteiger partial charge in [0, 0.05) is 32.5 Å². The summed E-state index contributed by atoms with van der Waals surface area (Å²) in [7, 11) is 0. The Morgan fingerprint density at radius 2 is 1.94 bits per heavy atom. The minimum absolute atomic E-state index is 0.0863. The largest absolute Gasteiger partial charge is 0.432 e. The number of rotatable bonds is 3. The van der Waals surface area contributed by atoms with Crippen molar-refractivity contribution in [2.75, 3.05) is 19.7 Å². The molecule has 0 bridgehead atoms. The zero-order valence-electron chi connectivity index (χ0n) is 9.64. The molecular weight excluding hydrogens is 230 g/mol. The fourth-order valence-corrected chi connectivity index (χ4v) is 0.947. The van der Waals surface area contributed by atoms with E-state index in [0.717, 1.165) is 0 Å². The van der Waals surface area contributed by atoms with Gasteiger partial charge in [0.05, 0.1) is 0 Å². The third-order valence-corrected chi connectivity index (χ3v) is 1.59. The van der Waals surface area contributed by atoms with Gasteiger partial charge in [0.25, 0.3) is 11.8 Å². The number of carbonyl (C=O) groups excluding carboxylic acids is 3. The summed E-state index contributed by atoms with van der Waals surface area (Å²) in [5.74, 6) is -1.00. The second kappa shape index (κ2) is 8.48. The number of hydrogen-bond acceptors (Lipinski definition) is 6. The fourth-order valence-electron chi connectivity index (χ4n) is 0.947. The van der Waals surface area contributed by atoms with Gasteiger partial charge in [-0.15, -0.1) is 5.06 Å². The summed E-state index contributed by atoms with van der Waals surface area (Å²) in [4.78, 5) is 37.3. The molecule has 8 nitrogen and oxygen atoms in total. The van der Waals surface area contributed by atoms with Crippen LogP contribution >= 0.6 is 0 Å². The van der Waals surface area contributed by atoms with Crippen LogP contribution in [0.25, 0.3) is 0 Å². The van der Waals surface area contributed by atoms with E-state index >= 15 is 0 Å². The highest BCUT2D eigenvalue weighted by atomic mass is 16.7. The normalized spacial score (nSPS) is 14.2. The second-order valence-corrected chi connectivity index (χ2v) is 2.99. The van der Waals surface area contributed by atoms with E-state index in [1.165, 1.54) is 0 Å². The maximum Gasteiger partial charge on any atom is 0.432 e. The Balaban J connectivity index is 0.000000770. The Kier molecular flexibility index (Phi) is 7.65. The Morgan fingerprint density at radius 1 is 1.47 bits per heavy atom. The first-order chi connectivity index (χ1) is 8.06. The van der Waals surface area contributed by atoms with E-state index in [2.05, 4.69) is 10.2 Å². The van der Waals surface area contributed by atoms with E-state index in [1.54, 1.807) is 6.92 Å². The van der Waals surface area contributed by atoms with Crippen molar-refractivity contribution in [1.82, 2.24) is 10.4 Å². The van der Waals surface area contributed by atoms with Gasteiger partial charge in [-0.1, -0.05) is 0 Å². The summed E-state index contributed by atoms with van der Waals surface area (Å²) in [5.41, 5.74) is 5.12. The van der Waals surface area contributed by atoms with Gasteiger partial charge in [-0.25, -0.2) is 4.79 Å². The summed E-state index contributed by atoms with van der Waals surface area (Å²) in [5, 5.41) is 10.3. The Bertz CT molecular complexity index is 266. The van der Waals surface area contributed by atoms with E-state index in [9.17, 15) is 14.4 Å². The van der Waals surface area contributed by atoms with Gasteiger partial charge >= 0.3 is 6.09 Å². The first kappa shape index (κ1) is 15.3. The molecule has 98 valence electrons. The molecule has 0 aliphatic carbocycles. The summed E-state index contributed by atoms with van der Waals surface area (Å²) in [6, 6.07) is 0. The third-order valence-electron chi connectivity index (χ3n) is 1.59. The van der Waals surface area contributed by atoms with Gasteiger partial charge < -0.3 is 21.0 Å². The highest BCUT2D eigenvalue weighted by molar-refractivity contribution is 6.01. The molecule has 4 N–H and O–H groups in total. The van der Waals surface area contributed by atoms with Gasteiger partial charge in [0.2, 0.25) is 0 Å². The molecule has 1 rings (SSSR count). The molecule has 0 aromatic heterocycles. The summed E-state index contributed by atoms with van der Waals surface area (Å²) < 4.78 is 0. The lowest BCUT2D eigenvalue weighted by Gasteiger charge is -2.12. The first-order valence-corrected chi connectivity index (χ1v) is 5.19. The molecule has 1 heterocycles. The number of aliphatic hydroxyl groups is 1. The molecule has 1 aliphatic rings. The Hall–Kier alpha value is -1.67. The van der Waals surface area contributed by atoms with Gasteiger partial charge in [0.1, 0.15) is 0 Å². The van der Waals surface area contributed by atoms with E-state index in [0.29, 0.717) is 5.06 Å². The molecule has 1 aliphatic heterocycles. The maximum atomic E-state index is 11.0.